The number of benzene rings is 1. The van der Waals surface area contributed by atoms with Crippen molar-refractivity contribution in [2.45, 2.75) is 40.0 Å². The van der Waals surface area contributed by atoms with Gasteiger partial charge in [-0.1, -0.05) is 31.5 Å². The number of rotatable bonds is 4. The Labute approximate surface area is 98.7 Å². The van der Waals surface area contributed by atoms with Crippen molar-refractivity contribution in [2.75, 3.05) is 13.3 Å². The largest absolute Gasteiger partial charge is 0.381 e. The highest BCUT2D eigenvalue weighted by molar-refractivity contribution is 5.42. The third-order valence-electron chi connectivity index (χ3n) is 3.03. The SMILES string of the molecule is Cc1cc(C)c(C(C)(C)CNCO)c(C)c1. The average molecular weight is 221 g/mol. The van der Waals surface area contributed by atoms with Crippen molar-refractivity contribution in [2.24, 2.45) is 0 Å². The first-order chi connectivity index (χ1) is 7.38. The van der Waals surface area contributed by atoms with E-state index in [1.54, 1.807) is 0 Å². The molecule has 0 unspecified atom stereocenters. The zero-order valence-electron chi connectivity index (χ0n) is 11.0. The molecule has 0 aliphatic carbocycles. The first kappa shape index (κ1) is 13.2. The summed E-state index contributed by atoms with van der Waals surface area (Å²) in [4.78, 5) is 0. The van der Waals surface area contributed by atoms with Gasteiger partial charge >= 0.3 is 0 Å². The van der Waals surface area contributed by atoms with Crippen LogP contribution in [0.15, 0.2) is 12.1 Å². The number of aryl methyl sites for hydroxylation is 3. The molecular weight excluding hydrogens is 198 g/mol. The van der Waals surface area contributed by atoms with Gasteiger partial charge in [0.05, 0.1) is 6.73 Å². The molecule has 1 aromatic carbocycles. The molecule has 1 aromatic rings. The van der Waals surface area contributed by atoms with Crippen molar-refractivity contribution in [1.82, 2.24) is 5.32 Å². The summed E-state index contributed by atoms with van der Waals surface area (Å²) >= 11 is 0. The summed E-state index contributed by atoms with van der Waals surface area (Å²) in [6.45, 7) is 11.7. The van der Waals surface area contributed by atoms with E-state index in [0.717, 1.165) is 6.54 Å². The van der Waals surface area contributed by atoms with Crippen molar-refractivity contribution < 1.29 is 5.11 Å². The van der Waals surface area contributed by atoms with E-state index in [1.807, 2.05) is 0 Å². The Morgan fingerprint density at radius 1 is 1.12 bits per heavy atom. The highest BCUT2D eigenvalue weighted by Gasteiger charge is 2.23. The third-order valence-corrected chi connectivity index (χ3v) is 3.03. The van der Waals surface area contributed by atoms with Gasteiger partial charge in [0.1, 0.15) is 0 Å². The molecule has 0 aromatic heterocycles. The van der Waals surface area contributed by atoms with Crippen molar-refractivity contribution >= 4 is 0 Å². The van der Waals surface area contributed by atoms with Crippen LogP contribution in [0.3, 0.4) is 0 Å². The number of aliphatic hydroxyl groups excluding tert-OH is 1. The monoisotopic (exact) mass is 221 g/mol. The molecule has 90 valence electrons. The highest BCUT2D eigenvalue weighted by atomic mass is 16.3. The van der Waals surface area contributed by atoms with Crippen molar-refractivity contribution in [3.05, 3.63) is 34.4 Å². The Morgan fingerprint density at radius 3 is 2.06 bits per heavy atom. The molecule has 0 amide bonds. The molecule has 0 heterocycles. The van der Waals surface area contributed by atoms with Gasteiger partial charge in [-0.2, -0.15) is 0 Å². The van der Waals surface area contributed by atoms with E-state index in [-0.39, 0.29) is 12.1 Å². The minimum absolute atomic E-state index is 0.0351. The lowest BCUT2D eigenvalue weighted by molar-refractivity contribution is 0.247. The summed E-state index contributed by atoms with van der Waals surface area (Å²) in [6.07, 6.45) is 0. The molecule has 0 atom stereocenters. The van der Waals surface area contributed by atoms with Gasteiger partial charge in [-0.05, 0) is 37.5 Å². The van der Waals surface area contributed by atoms with E-state index >= 15 is 0 Å². The summed E-state index contributed by atoms with van der Waals surface area (Å²) in [5.74, 6) is 0. The highest BCUT2D eigenvalue weighted by Crippen LogP contribution is 2.29. The van der Waals surface area contributed by atoms with Gasteiger partial charge in [-0.15, -0.1) is 0 Å². The van der Waals surface area contributed by atoms with Gasteiger partial charge < -0.3 is 5.11 Å². The number of nitrogens with one attached hydrogen (secondary N) is 1. The summed E-state index contributed by atoms with van der Waals surface area (Å²) in [7, 11) is 0. The van der Waals surface area contributed by atoms with Crippen LogP contribution in [-0.4, -0.2) is 18.4 Å². The van der Waals surface area contributed by atoms with Crippen LogP contribution in [0.25, 0.3) is 0 Å². The normalized spacial score (nSPS) is 11.9. The molecule has 1 rings (SSSR count). The fourth-order valence-electron chi connectivity index (χ4n) is 2.70. The maximum atomic E-state index is 8.85. The zero-order valence-corrected chi connectivity index (χ0v) is 11.0. The van der Waals surface area contributed by atoms with Gasteiger partial charge in [-0.25, -0.2) is 0 Å². The average Bonchev–Trinajstić information content (AvgIpc) is 2.12. The number of hydrogen-bond acceptors (Lipinski definition) is 2. The topological polar surface area (TPSA) is 32.3 Å². The van der Waals surface area contributed by atoms with Gasteiger partial charge in [0.25, 0.3) is 0 Å². The first-order valence-electron chi connectivity index (χ1n) is 5.78. The van der Waals surface area contributed by atoms with Gasteiger partial charge in [-0.3, -0.25) is 5.32 Å². The van der Waals surface area contributed by atoms with Crippen LogP contribution in [0.2, 0.25) is 0 Å². The smallest absolute Gasteiger partial charge is 0.0931 e. The zero-order chi connectivity index (χ0) is 12.3. The van der Waals surface area contributed by atoms with Crippen molar-refractivity contribution in [3.63, 3.8) is 0 Å². The molecule has 0 radical (unpaired) electrons. The minimum atomic E-state index is 0.0351. The van der Waals surface area contributed by atoms with Crippen molar-refractivity contribution in [1.29, 1.82) is 0 Å². The maximum absolute atomic E-state index is 8.85. The fraction of sp³-hybridized carbons (Fsp3) is 0.571. The quantitative estimate of drug-likeness (QED) is 0.765. The molecule has 0 saturated carbocycles. The van der Waals surface area contributed by atoms with Crippen LogP contribution in [0, 0.1) is 20.8 Å². The van der Waals surface area contributed by atoms with Gasteiger partial charge in [0, 0.05) is 12.0 Å². The minimum Gasteiger partial charge on any atom is -0.381 e. The number of aliphatic hydroxyl groups is 1. The van der Waals surface area contributed by atoms with Crippen LogP contribution in [0.5, 0.6) is 0 Å². The second-order valence-corrected chi connectivity index (χ2v) is 5.24. The molecule has 2 nitrogen and oxygen atoms in total. The third kappa shape index (κ3) is 2.83. The van der Waals surface area contributed by atoms with Crippen LogP contribution in [0.4, 0.5) is 0 Å². The molecule has 0 bridgehead atoms. The summed E-state index contributed by atoms with van der Waals surface area (Å²) in [6, 6.07) is 4.45. The second kappa shape index (κ2) is 4.98. The van der Waals surface area contributed by atoms with E-state index in [9.17, 15) is 0 Å². The predicted molar refractivity (Wildman–Crippen MR) is 68.8 cm³/mol. The second-order valence-electron chi connectivity index (χ2n) is 5.24. The fourth-order valence-corrected chi connectivity index (χ4v) is 2.70. The van der Waals surface area contributed by atoms with Crippen LogP contribution in [0.1, 0.15) is 36.1 Å². The lowest BCUT2D eigenvalue weighted by Crippen LogP contribution is -2.34. The van der Waals surface area contributed by atoms with E-state index in [0.29, 0.717) is 0 Å². The molecule has 16 heavy (non-hydrogen) atoms. The molecule has 2 heteroatoms. The van der Waals surface area contributed by atoms with Gasteiger partial charge in [0.15, 0.2) is 0 Å². The number of hydrogen-bond donors (Lipinski definition) is 2. The first-order valence-corrected chi connectivity index (χ1v) is 5.78. The summed E-state index contributed by atoms with van der Waals surface area (Å²) < 4.78 is 0. The van der Waals surface area contributed by atoms with Crippen LogP contribution < -0.4 is 5.32 Å². The lowest BCUT2D eigenvalue weighted by atomic mass is 9.79. The molecule has 0 aliphatic heterocycles. The predicted octanol–water partition coefficient (Wildman–Crippen LogP) is 2.43. The molecule has 0 saturated heterocycles. The molecule has 0 fully saturated rings. The van der Waals surface area contributed by atoms with E-state index in [4.69, 9.17) is 5.11 Å². The van der Waals surface area contributed by atoms with Crippen molar-refractivity contribution in [3.8, 4) is 0 Å². The molecular formula is C14H23NO. The Balaban J connectivity index is 3.11. The summed E-state index contributed by atoms with van der Waals surface area (Å²) in [5.41, 5.74) is 5.41. The Morgan fingerprint density at radius 2 is 1.62 bits per heavy atom. The Bertz CT molecular complexity index is 346. The Hall–Kier alpha value is -0.860. The Kier molecular flexibility index (Phi) is 4.11. The van der Waals surface area contributed by atoms with E-state index < -0.39 is 0 Å². The standard InChI is InChI=1S/C14H23NO/c1-10-6-11(2)13(12(3)7-10)14(4,5)8-15-9-16/h6-7,15-16H,8-9H2,1-5H3. The maximum Gasteiger partial charge on any atom is 0.0931 e. The molecule has 0 aliphatic rings. The lowest BCUT2D eigenvalue weighted by Gasteiger charge is -2.29. The van der Waals surface area contributed by atoms with Gasteiger partial charge in [0.2, 0.25) is 0 Å². The van der Waals surface area contributed by atoms with E-state index in [1.165, 1.54) is 22.3 Å². The van der Waals surface area contributed by atoms with Crippen LogP contribution in [-0.2, 0) is 5.41 Å². The van der Waals surface area contributed by atoms with E-state index in [2.05, 4.69) is 52.1 Å². The summed E-state index contributed by atoms with van der Waals surface area (Å²) in [5, 5.41) is 11.9. The molecule has 0 spiro atoms. The molecule has 2 N–H and O–H groups in total. The van der Waals surface area contributed by atoms with Crippen LogP contribution >= 0.6 is 0 Å².